The van der Waals surface area contributed by atoms with Gasteiger partial charge in [0, 0.05) is 11.3 Å². The lowest BCUT2D eigenvalue weighted by atomic mass is 9.95. The smallest absolute Gasteiger partial charge is 0.301 e. The van der Waals surface area contributed by atoms with Gasteiger partial charge in [-0.25, -0.2) is 4.39 Å². The summed E-state index contributed by atoms with van der Waals surface area (Å²) in [6, 6.07) is 36.8. The number of Topliss-reactive ketones (excluding diaryl/α,β-unsaturated/α-hetero) is 1. The van der Waals surface area contributed by atoms with Crippen LogP contribution in [-0.2, 0) is 28.6 Å². The van der Waals surface area contributed by atoms with Crippen molar-refractivity contribution in [3.8, 4) is 11.5 Å². The number of nitrogens with zero attached hydrogens (tertiary/aromatic N) is 3. The average Bonchev–Trinajstić information content (AvgIpc) is 3.74. The summed E-state index contributed by atoms with van der Waals surface area (Å²) in [6.07, 6.45) is 0. The summed E-state index contributed by atoms with van der Waals surface area (Å²) in [7, 11) is 0. The highest BCUT2D eigenvalue weighted by molar-refractivity contribution is 8.00. The molecule has 0 bridgehead atoms. The van der Waals surface area contributed by atoms with Gasteiger partial charge in [-0.05, 0) is 77.7 Å². The second kappa shape index (κ2) is 15.6. The molecule has 1 saturated heterocycles. The van der Waals surface area contributed by atoms with Crippen LogP contribution in [0.5, 0.6) is 11.5 Å². The van der Waals surface area contributed by atoms with Crippen LogP contribution in [0.15, 0.2) is 137 Å². The molecule has 0 spiro atoms. The zero-order valence-corrected chi connectivity index (χ0v) is 29.6. The second-order valence-electron chi connectivity index (χ2n) is 12.1. The summed E-state index contributed by atoms with van der Waals surface area (Å²) in [5, 5.41) is 20.5. The maximum Gasteiger partial charge on any atom is 0.301 e. The molecule has 8 nitrogen and oxygen atoms in total. The number of halogens is 1. The van der Waals surface area contributed by atoms with Crippen molar-refractivity contribution in [2.75, 3.05) is 4.90 Å². The summed E-state index contributed by atoms with van der Waals surface area (Å²) in [5.41, 5.74) is 4.91. The molecular formula is C41H32FN3O5S2. The van der Waals surface area contributed by atoms with Gasteiger partial charge in [-0.2, -0.15) is 0 Å². The van der Waals surface area contributed by atoms with Crippen molar-refractivity contribution in [1.82, 2.24) is 10.2 Å². The molecule has 1 amide bonds. The van der Waals surface area contributed by atoms with Crippen molar-refractivity contribution in [2.24, 2.45) is 0 Å². The van der Waals surface area contributed by atoms with Crippen LogP contribution >= 0.6 is 23.1 Å². The number of aliphatic hydroxyl groups is 1. The highest BCUT2D eigenvalue weighted by Gasteiger charge is 2.48. The number of aliphatic hydroxyl groups excluding tert-OH is 1. The Morgan fingerprint density at radius 3 is 2.13 bits per heavy atom. The van der Waals surface area contributed by atoms with Crippen LogP contribution in [0, 0.1) is 12.7 Å². The maximum atomic E-state index is 13.8. The van der Waals surface area contributed by atoms with Crippen LogP contribution in [0.3, 0.4) is 0 Å². The van der Waals surface area contributed by atoms with E-state index in [9.17, 15) is 19.1 Å². The van der Waals surface area contributed by atoms with E-state index in [1.807, 2.05) is 61.5 Å². The molecule has 11 heteroatoms. The van der Waals surface area contributed by atoms with Gasteiger partial charge >= 0.3 is 5.91 Å². The Morgan fingerprint density at radius 1 is 0.788 bits per heavy atom. The highest BCUT2D eigenvalue weighted by Crippen LogP contribution is 2.44. The molecule has 6 aromatic rings. The zero-order chi connectivity index (χ0) is 36.0. The number of anilines is 1. The quantitative estimate of drug-likeness (QED) is 0.0438. The first-order valence-corrected chi connectivity index (χ1v) is 18.2. The first kappa shape index (κ1) is 34.7. The van der Waals surface area contributed by atoms with E-state index < -0.39 is 17.7 Å². The number of ketones is 1. The largest absolute Gasteiger partial charge is 0.507 e. The molecule has 0 radical (unpaired) electrons. The van der Waals surface area contributed by atoms with Crippen LogP contribution < -0.4 is 14.4 Å². The summed E-state index contributed by atoms with van der Waals surface area (Å²) in [6.45, 7) is 2.76. The Balaban J connectivity index is 1.17. The van der Waals surface area contributed by atoms with Gasteiger partial charge in [0.1, 0.15) is 36.3 Å². The molecular weight excluding hydrogens is 698 g/mol. The summed E-state index contributed by atoms with van der Waals surface area (Å²) >= 11 is 2.54. The monoisotopic (exact) mass is 729 g/mol. The van der Waals surface area contributed by atoms with E-state index in [2.05, 4.69) is 10.2 Å². The lowest BCUT2D eigenvalue weighted by molar-refractivity contribution is -0.132. The first-order chi connectivity index (χ1) is 25.3. The van der Waals surface area contributed by atoms with E-state index in [4.69, 9.17) is 9.47 Å². The number of hydrogen-bond donors (Lipinski definition) is 1. The van der Waals surface area contributed by atoms with E-state index in [1.54, 1.807) is 60.7 Å². The van der Waals surface area contributed by atoms with Crippen molar-refractivity contribution in [3.05, 3.63) is 172 Å². The molecule has 0 aliphatic carbocycles. The molecule has 1 aromatic heterocycles. The van der Waals surface area contributed by atoms with E-state index in [1.165, 1.54) is 28.8 Å². The number of thioether (sulfide) groups is 1. The molecule has 52 heavy (non-hydrogen) atoms. The van der Waals surface area contributed by atoms with E-state index in [0.717, 1.165) is 33.6 Å². The van der Waals surface area contributed by atoms with Gasteiger partial charge in [0.25, 0.3) is 5.78 Å². The lowest BCUT2D eigenvalue weighted by Crippen LogP contribution is -2.29. The van der Waals surface area contributed by atoms with Crippen molar-refractivity contribution in [3.63, 3.8) is 0 Å². The second-order valence-corrected chi connectivity index (χ2v) is 14.3. The zero-order valence-electron chi connectivity index (χ0n) is 27.9. The molecule has 2 heterocycles. The fraction of sp³-hybridized carbons (Fsp3) is 0.122. The molecule has 1 atom stereocenters. The fourth-order valence-corrected chi connectivity index (χ4v) is 7.57. The van der Waals surface area contributed by atoms with Crippen LogP contribution in [0.4, 0.5) is 9.52 Å². The van der Waals surface area contributed by atoms with Gasteiger partial charge < -0.3 is 14.6 Å². The van der Waals surface area contributed by atoms with Crippen molar-refractivity contribution in [2.45, 2.75) is 36.3 Å². The first-order valence-electron chi connectivity index (χ1n) is 16.4. The third kappa shape index (κ3) is 7.91. The number of aryl methyl sites for hydroxylation is 1. The minimum atomic E-state index is -0.997. The third-order valence-electron chi connectivity index (χ3n) is 8.38. The van der Waals surface area contributed by atoms with Gasteiger partial charge in [-0.3, -0.25) is 14.5 Å². The normalized spacial score (nSPS) is 15.2. The van der Waals surface area contributed by atoms with E-state index in [-0.39, 0.29) is 22.3 Å². The molecule has 1 aliphatic heterocycles. The van der Waals surface area contributed by atoms with Crippen molar-refractivity contribution < 1.29 is 28.6 Å². The topological polar surface area (TPSA) is 102 Å². The predicted molar refractivity (Wildman–Crippen MR) is 200 cm³/mol. The van der Waals surface area contributed by atoms with E-state index >= 15 is 0 Å². The lowest BCUT2D eigenvalue weighted by Gasteiger charge is -2.22. The third-order valence-corrected chi connectivity index (χ3v) is 10.5. The molecule has 1 N–H and O–H groups in total. The van der Waals surface area contributed by atoms with Gasteiger partial charge in [-0.1, -0.05) is 108 Å². The Kier molecular flexibility index (Phi) is 10.4. The minimum absolute atomic E-state index is 0.0768. The summed E-state index contributed by atoms with van der Waals surface area (Å²) < 4.78 is 25.9. The number of ether oxygens (including phenoxy) is 2. The predicted octanol–water partition coefficient (Wildman–Crippen LogP) is 9.06. The molecule has 260 valence electrons. The average molecular weight is 730 g/mol. The van der Waals surface area contributed by atoms with Gasteiger partial charge in [0.2, 0.25) is 5.13 Å². The van der Waals surface area contributed by atoms with Crippen LogP contribution in [0.25, 0.3) is 5.76 Å². The number of benzene rings is 5. The van der Waals surface area contributed by atoms with Crippen LogP contribution in [0.1, 0.15) is 39.4 Å². The molecule has 0 saturated carbocycles. The van der Waals surface area contributed by atoms with Crippen molar-refractivity contribution in [1.29, 1.82) is 0 Å². The Hall–Kier alpha value is -5.78. The fourth-order valence-electron chi connectivity index (χ4n) is 5.75. The molecule has 1 unspecified atom stereocenters. The minimum Gasteiger partial charge on any atom is -0.507 e. The summed E-state index contributed by atoms with van der Waals surface area (Å²) in [4.78, 5) is 28.8. The van der Waals surface area contributed by atoms with Crippen LogP contribution in [0.2, 0.25) is 0 Å². The number of rotatable bonds is 12. The van der Waals surface area contributed by atoms with Gasteiger partial charge in [0.05, 0.1) is 11.6 Å². The van der Waals surface area contributed by atoms with Gasteiger partial charge in [-0.15, -0.1) is 10.2 Å². The SMILES string of the molecule is Cc1cccc(COc2ccc(/C(O)=C3\C(=O)C(=O)N(c4nnc(SCc5ccc(F)cc5)s4)C3c3ccc(OCc4ccccc4)cc3)cc2)c1. The number of aromatic nitrogens is 2. The standard InChI is InChI=1S/C41H32FN3O5S2/c1-26-6-5-9-29(22-26)24-50-34-20-14-31(15-21-34)37(46)35-36(30-12-18-33(19-13-30)49-23-27-7-3-2-4-8-27)45(39(48)38(35)47)40-43-44-41(52-40)51-25-28-10-16-32(42)17-11-28/h2-22,36,46H,23-25H2,1H3/b37-35+. The summed E-state index contributed by atoms with van der Waals surface area (Å²) in [5.74, 6) is -0.632. The molecule has 1 fully saturated rings. The maximum absolute atomic E-state index is 13.8. The molecule has 1 aliphatic rings. The number of carbonyl (C=O) groups is 2. The number of amides is 1. The Morgan fingerprint density at radius 2 is 1.44 bits per heavy atom. The Bertz CT molecular complexity index is 2220. The van der Waals surface area contributed by atoms with Crippen LogP contribution in [-0.4, -0.2) is 27.0 Å². The molecule has 5 aromatic carbocycles. The highest BCUT2D eigenvalue weighted by atomic mass is 32.2. The number of carbonyl (C=O) groups excluding carboxylic acids is 2. The molecule has 7 rings (SSSR count). The Labute approximate surface area is 308 Å². The van der Waals surface area contributed by atoms with Gasteiger partial charge in [0.15, 0.2) is 4.34 Å². The number of hydrogen-bond acceptors (Lipinski definition) is 9. The van der Waals surface area contributed by atoms with E-state index in [0.29, 0.717) is 45.9 Å². The van der Waals surface area contributed by atoms with Crippen molar-refractivity contribution >= 4 is 45.7 Å².